The first-order chi connectivity index (χ1) is 9.15. The highest BCUT2D eigenvalue weighted by Gasteiger charge is 2.30. The molecule has 0 heterocycles. The van der Waals surface area contributed by atoms with Crippen molar-refractivity contribution in [1.29, 1.82) is 0 Å². The molecule has 110 valence electrons. The fourth-order valence-corrected chi connectivity index (χ4v) is 1.85. The first-order valence-electron chi connectivity index (χ1n) is 6.71. The zero-order chi connectivity index (χ0) is 15.4. The van der Waals surface area contributed by atoms with E-state index in [0.29, 0.717) is 6.54 Å². The van der Waals surface area contributed by atoms with Gasteiger partial charge in [-0.2, -0.15) is 0 Å². The summed E-state index contributed by atoms with van der Waals surface area (Å²) in [7, 11) is 0. The van der Waals surface area contributed by atoms with Gasteiger partial charge in [-0.15, -0.1) is 0 Å². The summed E-state index contributed by atoms with van der Waals surface area (Å²) in [5.41, 5.74) is -0.0940. The Morgan fingerprint density at radius 2 is 1.65 bits per heavy atom. The quantitative estimate of drug-likeness (QED) is 0.840. The van der Waals surface area contributed by atoms with Gasteiger partial charge in [0.2, 0.25) is 5.91 Å². The van der Waals surface area contributed by atoms with Crippen LogP contribution in [0.4, 0.5) is 0 Å². The SMILES string of the molecule is CC(C)(CC(=O)NCC(C)(C)c1ccccc1)C(=O)O. The highest BCUT2D eigenvalue weighted by atomic mass is 16.4. The van der Waals surface area contributed by atoms with Crippen LogP contribution in [0.25, 0.3) is 0 Å². The maximum absolute atomic E-state index is 11.9. The summed E-state index contributed by atoms with van der Waals surface area (Å²) >= 11 is 0. The number of benzene rings is 1. The summed E-state index contributed by atoms with van der Waals surface area (Å²) in [4.78, 5) is 22.9. The van der Waals surface area contributed by atoms with Crippen molar-refractivity contribution in [2.45, 2.75) is 39.5 Å². The van der Waals surface area contributed by atoms with E-state index in [1.165, 1.54) is 0 Å². The third-order valence-electron chi connectivity index (χ3n) is 3.46. The van der Waals surface area contributed by atoms with Crippen molar-refractivity contribution in [1.82, 2.24) is 5.32 Å². The van der Waals surface area contributed by atoms with Gasteiger partial charge in [-0.1, -0.05) is 44.2 Å². The average molecular weight is 277 g/mol. The number of carboxylic acids is 1. The Morgan fingerprint density at radius 3 is 2.15 bits per heavy atom. The first kappa shape index (κ1) is 16.2. The van der Waals surface area contributed by atoms with E-state index in [-0.39, 0.29) is 17.7 Å². The van der Waals surface area contributed by atoms with Crippen LogP contribution in [-0.4, -0.2) is 23.5 Å². The molecule has 1 rings (SSSR count). The molecular weight excluding hydrogens is 254 g/mol. The number of aliphatic carboxylic acids is 1. The van der Waals surface area contributed by atoms with E-state index >= 15 is 0 Å². The number of carboxylic acid groups (broad SMARTS) is 1. The Bertz CT molecular complexity index is 478. The molecular formula is C16H23NO3. The lowest BCUT2D eigenvalue weighted by atomic mass is 9.84. The smallest absolute Gasteiger partial charge is 0.309 e. The number of amides is 1. The second-order valence-electron chi connectivity index (χ2n) is 6.39. The molecule has 1 aromatic rings. The van der Waals surface area contributed by atoms with Gasteiger partial charge in [-0.05, 0) is 19.4 Å². The van der Waals surface area contributed by atoms with Gasteiger partial charge in [0.1, 0.15) is 0 Å². The van der Waals surface area contributed by atoms with Crippen molar-refractivity contribution in [3.8, 4) is 0 Å². The minimum Gasteiger partial charge on any atom is -0.481 e. The Balaban J connectivity index is 2.59. The van der Waals surface area contributed by atoms with E-state index in [4.69, 9.17) is 5.11 Å². The highest BCUT2D eigenvalue weighted by molar-refractivity contribution is 5.84. The molecule has 0 spiro atoms. The molecule has 0 bridgehead atoms. The van der Waals surface area contributed by atoms with Crippen molar-refractivity contribution in [3.63, 3.8) is 0 Å². The summed E-state index contributed by atoms with van der Waals surface area (Å²) in [6.07, 6.45) is -0.0206. The van der Waals surface area contributed by atoms with E-state index < -0.39 is 11.4 Å². The lowest BCUT2D eigenvalue weighted by Gasteiger charge is -2.26. The predicted octanol–water partition coefficient (Wildman–Crippen LogP) is 2.58. The number of carbonyl (C=O) groups excluding carboxylic acids is 1. The van der Waals surface area contributed by atoms with Crippen LogP contribution >= 0.6 is 0 Å². The standard InChI is InChI=1S/C16H23NO3/c1-15(2,14(19)20)10-13(18)17-11-16(3,4)12-8-6-5-7-9-12/h5-9H,10-11H2,1-4H3,(H,17,18)(H,19,20). The number of rotatable bonds is 6. The van der Waals surface area contributed by atoms with Crippen LogP contribution in [0.1, 0.15) is 39.7 Å². The monoisotopic (exact) mass is 277 g/mol. The van der Waals surface area contributed by atoms with Crippen LogP contribution < -0.4 is 5.32 Å². The van der Waals surface area contributed by atoms with Crippen molar-refractivity contribution in [2.75, 3.05) is 6.54 Å². The highest BCUT2D eigenvalue weighted by Crippen LogP contribution is 2.23. The molecule has 4 nitrogen and oxygen atoms in total. The van der Waals surface area contributed by atoms with Gasteiger partial charge in [-0.3, -0.25) is 9.59 Å². The maximum atomic E-state index is 11.9. The van der Waals surface area contributed by atoms with Crippen LogP contribution in [0, 0.1) is 5.41 Å². The Labute approximate surface area is 120 Å². The molecule has 0 atom stereocenters. The van der Waals surface area contributed by atoms with Gasteiger partial charge in [0.05, 0.1) is 5.41 Å². The Hall–Kier alpha value is -1.84. The summed E-state index contributed by atoms with van der Waals surface area (Å²) < 4.78 is 0. The minimum atomic E-state index is -1.04. The van der Waals surface area contributed by atoms with Crippen LogP contribution in [0.5, 0.6) is 0 Å². The zero-order valence-corrected chi connectivity index (χ0v) is 12.6. The predicted molar refractivity (Wildman–Crippen MR) is 78.5 cm³/mol. The van der Waals surface area contributed by atoms with Gasteiger partial charge >= 0.3 is 5.97 Å². The van der Waals surface area contributed by atoms with Crippen LogP contribution in [-0.2, 0) is 15.0 Å². The molecule has 1 amide bonds. The van der Waals surface area contributed by atoms with Gasteiger partial charge < -0.3 is 10.4 Å². The Kier molecular flexibility index (Phi) is 4.93. The van der Waals surface area contributed by atoms with E-state index in [1.54, 1.807) is 13.8 Å². The lowest BCUT2D eigenvalue weighted by Crippen LogP contribution is -2.39. The normalized spacial score (nSPS) is 12.0. The van der Waals surface area contributed by atoms with E-state index in [2.05, 4.69) is 5.32 Å². The van der Waals surface area contributed by atoms with Crippen molar-refractivity contribution in [3.05, 3.63) is 35.9 Å². The molecule has 0 aromatic heterocycles. The third-order valence-corrected chi connectivity index (χ3v) is 3.46. The molecule has 0 aliphatic rings. The van der Waals surface area contributed by atoms with Crippen molar-refractivity contribution >= 4 is 11.9 Å². The van der Waals surface area contributed by atoms with Gasteiger partial charge in [-0.25, -0.2) is 0 Å². The topological polar surface area (TPSA) is 66.4 Å². The molecule has 0 saturated carbocycles. The molecule has 0 saturated heterocycles. The Morgan fingerprint density at radius 1 is 1.10 bits per heavy atom. The molecule has 2 N–H and O–H groups in total. The fourth-order valence-electron chi connectivity index (χ4n) is 1.85. The van der Waals surface area contributed by atoms with Crippen LogP contribution in [0.3, 0.4) is 0 Å². The number of hydrogen-bond acceptors (Lipinski definition) is 2. The number of carbonyl (C=O) groups is 2. The number of hydrogen-bond donors (Lipinski definition) is 2. The third kappa shape index (κ3) is 4.37. The summed E-state index contributed by atoms with van der Waals surface area (Å²) in [6.45, 7) is 7.68. The minimum absolute atomic E-state index is 0.0206. The summed E-state index contributed by atoms with van der Waals surface area (Å²) in [6, 6.07) is 9.92. The number of nitrogens with one attached hydrogen (secondary N) is 1. The molecule has 4 heteroatoms. The van der Waals surface area contributed by atoms with Crippen molar-refractivity contribution in [2.24, 2.45) is 5.41 Å². The van der Waals surface area contributed by atoms with Gasteiger partial charge in [0.15, 0.2) is 0 Å². The first-order valence-corrected chi connectivity index (χ1v) is 6.71. The summed E-state index contributed by atoms with van der Waals surface area (Å²) in [5.74, 6) is -1.20. The van der Waals surface area contributed by atoms with Crippen molar-refractivity contribution < 1.29 is 14.7 Å². The van der Waals surface area contributed by atoms with E-state index in [0.717, 1.165) is 5.56 Å². The van der Waals surface area contributed by atoms with Gasteiger partial charge in [0, 0.05) is 18.4 Å². The molecule has 0 unspecified atom stereocenters. The van der Waals surface area contributed by atoms with Crippen LogP contribution in [0.2, 0.25) is 0 Å². The zero-order valence-electron chi connectivity index (χ0n) is 12.6. The molecule has 0 radical (unpaired) electrons. The maximum Gasteiger partial charge on any atom is 0.309 e. The second-order valence-corrected chi connectivity index (χ2v) is 6.39. The average Bonchev–Trinajstić information content (AvgIpc) is 2.37. The van der Waals surface area contributed by atoms with E-state index in [9.17, 15) is 9.59 Å². The lowest BCUT2D eigenvalue weighted by molar-refractivity contribution is -0.149. The molecule has 1 aromatic carbocycles. The second kappa shape index (κ2) is 6.07. The summed E-state index contributed by atoms with van der Waals surface area (Å²) in [5, 5.41) is 11.8. The molecule has 0 aliphatic heterocycles. The molecule has 0 aliphatic carbocycles. The van der Waals surface area contributed by atoms with Crippen LogP contribution in [0.15, 0.2) is 30.3 Å². The van der Waals surface area contributed by atoms with Gasteiger partial charge in [0.25, 0.3) is 0 Å². The molecule has 20 heavy (non-hydrogen) atoms. The largest absolute Gasteiger partial charge is 0.481 e. The fraction of sp³-hybridized carbons (Fsp3) is 0.500. The molecule has 0 fully saturated rings. The van der Waals surface area contributed by atoms with E-state index in [1.807, 2.05) is 44.2 Å².